The minimum absolute atomic E-state index is 0. The zero-order valence-electron chi connectivity index (χ0n) is 14.3. The van der Waals surface area contributed by atoms with Gasteiger partial charge in [-0.1, -0.05) is 13.8 Å². The average Bonchev–Trinajstić information content (AvgIpc) is 2.56. The Labute approximate surface area is 144 Å². The number of benzene rings is 1. The predicted molar refractivity (Wildman–Crippen MR) is 90.1 cm³/mol. The van der Waals surface area contributed by atoms with Crippen molar-refractivity contribution in [2.24, 2.45) is 0 Å². The molecule has 0 amide bonds. The highest BCUT2D eigenvalue weighted by atomic mass is 35.5. The zero-order chi connectivity index (χ0) is 15.9. The Morgan fingerprint density at radius 3 is 2.13 bits per heavy atom. The molecule has 0 atom stereocenters. The smallest absolute Gasteiger partial charge is 0.163 e. The van der Waals surface area contributed by atoms with Crippen LogP contribution in [-0.2, 0) is 0 Å². The topological polar surface area (TPSA) is 47.5 Å². The van der Waals surface area contributed by atoms with Gasteiger partial charge in [0, 0.05) is 25.0 Å². The number of nitrogens with zero attached hydrogens (tertiary/aromatic N) is 3. The molecule has 5 nitrogen and oxygen atoms in total. The lowest BCUT2D eigenvalue weighted by Crippen LogP contribution is -3.00. The Hall–Kier alpha value is -1.75. The third kappa shape index (κ3) is 4.61. The van der Waals surface area contributed by atoms with E-state index >= 15 is 0 Å². The maximum absolute atomic E-state index is 5.86. The van der Waals surface area contributed by atoms with Gasteiger partial charge in [0.25, 0.3) is 0 Å². The number of ether oxygens (including phenoxy) is 2. The second-order valence-electron chi connectivity index (χ2n) is 5.22. The standard InChI is InChI=1S/C17H25N3O2.ClH/c1-5-8-21-15-10-13-14(11-16(15)22-9-6-2)18-12-19-17(13)20(4)7-3;/h10-12H,5-9H2,1-4H3;1H/p-1. The van der Waals surface area contributed by atoms with Crippen molar-refractivity contribution in [2.45, 2.75) is 33.6 Å². The molecule has 0 aliphatic rings. The van der Waals surface area contributed by atoms with E-state index in [-0.39, 0.29) is 12.4 Å². The molecule has 128 valence electrons. The first kappa shape index (κ1) is 19.3. The molecule has 0 spiro atoms. The maximum atomic E-state index is 5.86. The van der Waals surface area contributed by atoms with Crippen molar-refractivity contribution in [1.82, 2.24) is 9.97 Å². The van der Waals surface area contributed by atoms with Crippen molar-refractivity contribution in [3.63, 3.8) is 0 Å². The third-order valence-corrected chi connectivity index (χ3v) is 3.44. The second kappa shape index (κ2) is 9.40. The number of rotatable bonds is 8. The van der Waals surface area contributed by atoms with Gasteiger partial charge in [-0.2, -0.15) is 0 Å². The largest absolute Gasteiger partial charge is 1.00 e. The van der Waals surface area contributed by atoms with Crippen LogP contribution in [0, 0.1) is 0 Å². The summed E-state index contributed by atoms with van der Waals surface area (Å²) in [5.74, 6) is 2.44. The van der Waals surface area contributed by atoms with Crippen LogP contribution in [0.15, 0.2) is 18.5 Å². The lowest BCUT2D eigenvalue weighted by atomic mass is 10.2. The van der Waals surface area contributed by atoms with E-state index in [4.69, 9.17) is 9.47 Å². The summed E-state index contributed by atoms with van der Waals surface area (Å²) < 4.78 is 11.7. The molecule has 0 saturated carbocycles. The number of aromatic nitrogens is 2. The van der Waals surface area contributed by atoms with Gasteiger partial charge in [-0.3, -0.25) is 0 Å². The molecule has 2 aromatic rings. The minimum Gasteiger partial charge on any atom is -1.00 e. The highest BCUT2D eigenvalue weighted by Crippen LogP contribution is 2.35. The van der Waals surface area contributed by atoms with Gasteiger partial charge in [-0.05, 0) is 25.8 Å². The summed E-state index contributed by atoms with van der Waals surface area (Å²) in [6.45, 7) is 8.49. The van der Waals surface area contributed by atoms with Crippen molar-refractivity contribution < 1.29 is 21.9 Å². The Morgan fingerprint density at radius 2 is 1.57 bits per heavy atom. The normalized spacial score (nSPS) is 10.3. The summed E-state index contributed by atoms with van der Waals surface area (Å²) in [5, 5.41) is 0.988. The first-order valence-electron chi connectivity index (χ1n) is 7.96. The van der Waals surface area contributed by atoms with E-state index in [0.29, 0.717) is 13.2 Å². The molecular weight excluding hydrogens is 314 g/mol. The van der Waals surface area contributed by atoms with Crippen molar-refractivity contribution in [2.75, 3.05) is 31.7 Å². The van der Waals surface area contributed by atoms with Gasteiger partial charge in [0.15, 0.2) is 11.5 Å². The molecule has 0 N–H and O–H groups in total. The fraction of sp³-hybridized carbons (Fsp3) is 0.529. The summed E-state index contributed by atoms with van der Waals surface area (Å²) >= 11 is 0. The Balaban J connectivity index is 0.00000264. The highest BCUT2D eigenvalue weighted by molar-refractivity contribution is 5.91. The van der Waals surface area contributed by atoms with E-state index in [2.05, 4.69) is 35.6 Å². The van der Waals surface area contributed by atoms with Crippen LogP contribution in [0.1, 0.15) is 33.6 Å². The zero-order valence-corrected chi connectivity index (χ0v) is 15.1. The molecule has 1 aromatic carbocycles. The molecule has 0 bridgehead atoms. The molecule has 0 radical (unpaired) electrons. The van der Waals surface area contributed by atoms with Gasteiger partial charge in [0.2, 0.25) is 0 Å². The quantitative estimate of drug-likeness (QED) is 0.708. The number of hydrogen-bond donors (Lipinski definition) is 0. The molecular formula is C17H25ClN3O2-. The molecule has 0 saturated heterocycles. The summed E-state index contributed by atoms with van der Waals surface area (Å²) in [7, 11) is 2.02. The Bertz CT molecular complexity index is 622. The minimum atomic E-state index is 0. The van der Waals surface area contributed by atoms with Crippen molar-refractivity contribution in [3.05, 3.63) is 18.5 Å². The molecule has 0 aliphatic carbocycles. The van der Waals surface area contributed by atoms with Crippen LogP contribution in [0.5, 0.6) is 11.5 Å². The fourth-order valence-electron chi connectivity index (χ4n) is 2.15. The third-order valence-electron chi connectivity index (χ3n) is 3.44. The summed E-state index contributed by atoms with van der Waals surface area (Å²) in [4.78, 5) is 10.9. The first-order chi connectivity index (χ1) is 10.7. The molecule has 2 rings (SSSR count). The average molecular weight is 339 g/mol. The van der Waals surface area contributed by atoms with E-state index < -0.39 is 0 Å². The van der Waals surface area contributed by atoms with Gasteiger partial charge < -0.3 is 26.8 Å². The SMILES string of the molecule is CCCOc1cc2ncnc(N(C)CC)c2cc1OCCC.[Cl-]. The number of fused-ring (bicyclic) bond motifs is 1. The van der Waals surface area contributed by atoms with Gasteiger partial charge in [0.05, 0.1) is 18.7 Å². The van der Waals surface area contributed by atoms with Gasteiger partial charge in [-0.25, -0.2) is 9.97 Å². The van der Waals surface area contributed by atoms with E-state index in [1.807, 2.05) is 19.2 Å². The molecule has 6 heteroatoms. The van der Waals surface area contributed by atoms with Crippen LogP contribution in [0.2, 0.25) is 0 Å². The second-order valence-corrected chi connectivity index (χ2v) is 5.22. The predicted octanol–water partition coefficient (Wildman–Crippen LogP) is 0.667. The molecule has 23 heavy (non-hydrogen) atoms. The summed E-state index contributed by atoms with van der Waals surface area (Å²) in [6.07, 6.45) is 3.51. The van der Waals surface area contributed by atoms with E-state index in [0.717, 1.165) is 47.6 Å². The van der Waals surface area contributed by atoms with Crippen LogP contribution in [0.4, 0.5) is 5.82 Å². The van der Waals surface area contributed by atoms with Gasteiger partial charge in [-0.15, -0.1) is 0 Å². The Kier molecular flexibility index (Phi) is 7.89. The van der Waals surface area contributed by atoms with E-state index in [9.17, 15) is 0 Å². The maximum Gasteiger partial charge on any atom is 0.163 e. The van der Waals surface area contributed by atoms with Crippen LogP contribution in [0.25, 0.3) is 10.9 Å². The summed E-state index contributed by atoms with van der Waals surface area (Å²) in [6, 6.07) is 3.95. The number of anilines is 1. The lowest BCUT2D eigenvalue weighted by Gasteiger charge is -2.19. The highest BCUT2D eigenvalue weighted by Gasteiger charge is 2.13. The number of halogens is 1. The van der Waals surface area contributed by atoms with Crippen molar-refractivity contribution in [1.29, 1.82) is 0 Å². The lowest BCUT2D eigenvalue weighted by molar-refractivity contribution is -0.00000556. The van der Waals surface area contributed by atoms with Crippen molar-refractivity contribution in [3.8, 4) is 11.5 Å². The molecule has 1 heterocycles. The van der Waals surface area contributed by atoms with Gasteiger partial charge in [0.1, 0.15) is 12.1 Å². The Morgan fingerprint density at radius 1 is 0.957 bits per heavy atom. The number of hydrogen-bond acceptors (Lipinski definition) is 5. The monoisotopic (exact) mass is 338 g/mol. The van der Waals surface area contributed by atoms with Crippen molar-refractivity contribution >= 4 is 16.7 Å². The molecule has 1 aromatic heterocycles. The van der Waals surface area contributed by atoms with Crippen LogP contribution >= 0.6 is 0 Å². The molecule has 0 unspecified atom stereocenters. The van der Waals surface area contributed by atoms with E-state index in [1.165, 1.54) is 0 Å². The van der Waals surface area contributed by atoms with E-state index in [1.54, 1.807) is 6.33 Å². The molecule has 0 aliphatic heterocycles. The van der Waals surface area contributed by atoms with Crippen LogP contribution in [0.3, 0.4) is 0 Å². The molecule has 0 fully saturated rings. The van der Waals surface area contributed by atoms with Crippen LogP contribution in [-0.4, -0.2) is 36.8 Å². The first-order valence-corrected chi connectivity index (χ1v) is 7.96. The van der Waals surface area contributed by atoms with Crippen LogP contribution < -0.4 is 26.8 Å². The van der Waals surface area contributed by atoms with Gasteiger partial charge >= 0.3 is 0 Å². The summed E-state index contributed by atoms with van der Waals surface area (Å²) in [5.41, 5.74) is 0.875. The fourth-order valence-corrected chi connectivity index (χ4v) is 2.15.